The first-order chi connectivity index (χ1) is 32.8. The molecule has 4 aliphatic rings. The Morgan fingerprint density at radius 2 is 1.28 bits per heavy atom. The molecule has 11 atom stereocenters. The molecule has 0 saturated carbocycles. The summed E-state index contributed by atoms with van der Waals surface area (Å²) in [6, 6.07) is 10.6. The van der Waals surface area contributed by atoms with E-state index < -0.39 is 67.9 Å². The number of esters is 2. The van der Waals surface area contributed by atoms with Crippen molar-refractivity contribution in [3.05, 3.63) is 72.6 Å². The third-order valence-corrected chi connectivity index (χ3v) is 14.9. The van der Waals surface area contributed by atoms with Gasteiger partial charge >= 0.3 is 11.9 Å². The van der Waals surface area contributed by atoms with E-state index in [-0.39, 0.29) is 37.7 Å². The van der Waals surface area contributed by atoms with Gasteiger partial charge in [0.2, 0.25) is 0 Å². The minimum absolute atomic E-state index is 0.216. The molecule has 0 spiro atoms. The first kappa shape index (κ1) is 50.7. The predicted octanol–water partition coefficient (Wildman–Crippen LogP) is 7.13. The second-order valence-electron chi connectivity index (χ2n) is 20.1. The van der Waals surface area contributed by atoms with Gasteiger partial charge in [-0.05, 0) is 93.6 Å². The van der Waals surface area contributed by atoms with Crippen LogP contribution in [0.2, 0.25) is 0 Å². The number of hydrogen-bond donors (Lipinski definition) is 1. The lowest BCUT2D eigenvalue weighted by atomic mass is 9.87. The van der Waals surface area contributed by atoms with Crippen LogP contribution in [0.1, 0.15) is 117 Å². The fourth-order valence-electron chi connectivity index (χ4n) is 9.08. The van der Waals surface area contributed by atoms with Crippen molar-refractivity contribution >= 4 is 42.8 Å². The number of hydrogen-bond acceptors (Lipinski definition) is 18. The molecule has 69 heavy (non-hydrogen) atoms. The molecule has 5 aromatic rings. The van der Waals surface area contributed by atoms with Gasteiger partial charge in [0.1, 0.15) is 53.7 Å². The number of imidazole rings is 2. The smallest absolute Gasteiger partial charge is 0.313 e. The molecule has 1 aromatic carbocycles. The summed E-state index contributed by atoms with van der Waals surface area (Å²) in [5.41, 5.74) is 3.49. The number of ether oxygens (including phenoxy) is 6. The van der Waals surface area contributed by atoms with Crippen LogP contribution in [0.5, 0.6) is 0 Å². The first-order valence-corrected chi connectivity index (χ1v) is 24.8. The van der Waals surface area contributed by atoms with Crippen LogP contribution in [0.25, 0.3) is 22.3 Å². The maximum absolute atomic E-state index is 12.6. The van der Waals surface area contributed by atoms with Gasteiger partial charge in [-0.1, -0.05) is 44.2 Å². The highest BCUT2D eigenvalue weighted by molar-refractivity contribution is 7.45. The standard InChI is InChI=1S/C30H40N5O6P.C18H26N4O5/c1-7-21-24(40-42-35-15-11-14-22(35)30(6,41-42)20-12-9-8-10-13-20)25(37-18-38-28(36)29(3,4)5)27(39-21)34-17-33-23-19(2)31-16-32-26(23)34;1-6-11-13(23)14(25-9-26-17(24)18(3,4)5)16(27-11)22-8-21-12-10(2)19-7-20-15(12)22/h8-10,12-13,16-17,21-22,24-25,27H,7,11,14-15,18H2,1-6H3;7-8,11,13-14,16,23H,6,9H2,1-5H3/t21-,22+,24?,25+,27-,30-,42+;11-,13?,14+,16-/m11/s1. The van der Waals surface area contributed by atoms with Crippen LogP contribution in [0.15, 0.2) is 55.6 Å². The SMILES string of the molecule is CC[C@H]1O[C@@H](n2cnc3c(C)ncnc32)[C@@H](OCOC(=O)C(C)(C)C)C1O.CC[C@H]1O[C@@H](n2cnc3c(C)ncnc32)[C@@H](OCOC(=O)C(C)(C)C)C1O[P@@]1O[C@](C)(c2ccccc2)[C@@H]2CCCN21. The summed E-state index contributed by atoms with van der Waals surface area (Å²) in [6.07, 6.45) is 5.04. The molecule has 0 bridgehead atoms. The topological polar surface area (TPSA) is 219 Å². The number of aromatic nitrogens is 8. The third kappa shape index (κ3) is 10.3. The fraction of sp³-hybridized carbons (Fsp3) is 0.625. The Bertz CT molecular complexity index is 2570. The molecule has 0 amide bonds. The molecule has 374 valence electrons. The van der Waals surface area contributed by atoms with E-state index in [1.165, 1.54) is 12.7 Å². The quantitative estimate of drug-likeness (QED) is 0.0704. The number of rotatable bonds is 13. The zero-order chi connectivity index (χ0) is 49.4. The fourth-order valence-corrected chi connectivity index (χ4v) is 11.2. The number of benzene rings is 1. The number of nitrogens with zero attached hydrogens (tertiary/aromatic N) is 9. The van der Waals surface area contributed by atoms with E-state index in [0.717, 1.165) is 36.3 Å². The van der Waals surface area contributed by atoms with E-state index >= 15 is 0 Å². The van der Waals surface area contributed by atoms with E-state index in [0.29, 0.717) is 35.2 Å². The van der Waals surface area contributed by atoms with Crippen molar-refractivity contribution in [2.45, 2.75) is 163 Å². The predicted molar refractivity (Wildman–Crippen MR) is 252 cm³/mol. The summed E-state index contributed by atoms with van der Waals surface area (Å²) in [4.78, 5) is 50.6. The van der Waals surface area contributed by atoms with Crippen LogP contribution >= 0.6 is 8.53 Å². The zero-order valence-corrected chi connectivity index (χ0v) is 42.2. The van der Waals surface area contributed by atoms with Crippen LogP contribution in [-0.2, 0) is 52.7 Å². The molecule has 9 rings (SSSR count). The van der Waals surface area contributed by atoms with Gasteiger partial charge in [-0.3, -0.25) is 18.7 Å². The van der Waals surface area contributed by atoms with Crippen LogP contribution in [0.3, 0.4) is 0 Å². The highest BCUT2D eigenvalue weighted by atomic mass is 31.2. The third-order valence-electron chi connectivity index (χ3n) is 13.1. The van der Waals surface area contributed by atoms with Crippen LogP contribution in [-0.4, -0.2) is 124 Å². The average Bonchev–Trinajstić information content (AvgIpc) is 4.18. The highest BCUT2D eigenvalue weighted by Gasteiger charge is 2.58. The minimum Gasteiger partial charge on any atom is -0.438 e. The molecule has 0 radical (unpaired) electrons. The Balaban J connectivity index is 0.000000205. The average molecular weight is 976 g/mol. The van der Waals surface area contributed by atoms with Gasteiger partial charge in [-0.15, -0.1) is 0 Å². The lowest BCUT2D eigenvalue weighted by Gasteiger charge is -2.29. The molecule has 1 N–H and O–H groups in total. The Morgan fingerprint density at radius 1 is 0.754 bits per heavy atom. The second kappa shape index (κ2) is 20.6. The van der Waals surface area contributed by atoms with Gasteiger partial charge < -0.3 is 42.6 Å². The van der Waals surface area contributed by atoms with Crippen molar-refractivity contribution < 1.29 is 52.2 Å². The van der Waals surface area contributed by atoms with Crippen LogP contribution < -0.4 is 0 Å². The van der Waals surface area contributed by atoms with Crippen LogP contribution in [0, 0.1) is 24.7 Å². The van der Waals surface area contributed by atoms with E-state index in [2.05, 4.69) is 72.7 Å². The molecule has 4 aromatic heterocycles. The number of carbonyl (C=O) groups excluding carboxylic acids is 2. The summed E-state index contributed by atoms with van der Waals surface area (Å²) in [7, 11) is -1.41. The molecule has 20 nitrogen and oxygen atoms in total. The van der Waals surface area contributed by atoms with Gasteiger partial charge in [-0.25, -0.2) is 34.6 Å². The molecule has 4 aliphatic heterocycles. The molecular weight excluding hydrogens is 910 g/mol. The van der Waals surface area contributed by atoms with Crippen molar-refractivity contribution in [2.24, 2.45) is 10.8 Å². The molecular formula is C48H66N9O11P. The molecule has 4 fully saturated rings. The Kier molecular flexibility index (Phi) is 15.2. The maximum atomic E-state index is 12.6. The summed E-state index contributed by atoms with van der Waals surface area (Å²) in [5.74, 6) is -0.725. The van der Waals surface area contributed by atoms with Gasteiger partial charge in [-0.2, -0.15) is 0 Å². The summed E-state index contributed by atoms with van der Waals surface area (Å²) in [5, 5.41) is 10.6. The maximum Gasteiger partial charge on any atom is 0.313 e. The van der Waals surface area contributed by atoms with Gasteiger partial charge in [0.25, 0.3) is 8.53 Å². The zero-order valence-electron chi connectivity index (χ0n) is 41.3. The van der Waals surface area contributed by atoms with E-state index in [9.17, 15) is 14.7 Å². The largest absolute Gasteiger partial charge is 0.438 e. The van der Waals surface area contributed by atoms with Crippen molar-refractivity contribution in [1.82, 2.24) is 43.7 Å². The van der Waals surface area contributed by atoms with Crippen molar-refractivity contribution in [3.8, 4) is 0 Å². The Morgan fingerprint density at radius 3 is 1.81 bits per heavy atom. The summed E-state index contributed by atoms with van der Waals surface area (Å²) >= 11 is 0. The number of fused-ring (bicyclic) bond motifs is 3. The molecule has 2 unspecified atom stereocenters. The summed E-state index contributed by atoms with van der Waals surface area (Å²) < 4.78 is 55.1. The number of carbonyl (C=O) groups is 2. The van der Waals surface area contributed by atoms with Gasteiger partial charge in [0.15, 0.2) is 37.3 Å². The van der Waals surface area contributed by atoms with E-state index in [1.807, 2.05) is 52.2 Å². The minimum atomic E-state index is -1.41. The van der Waals surface area contributed by atoms with Crippen molar-refractivity contribution in [3.63, 3.8) is 0 Å². The number of aliphatic hydroxyl groups is 1. The van der Waals surface area contributed by atoms with Gasteiger partial charge in [0.05, 0.1) is 53.1 Å². The molecule has 21 heteroatoms. The van der Waals surface area contributed by atoms with Gasteiger partial charge in [0, 0.05) is 6.54 Å². The van der Waals surface area contributed by atoms with Crippen LogP contribution in [0.4, 0.5) is 0 Å². The molecule has 4 saturated heterocycles. The normalized spacial score (nSPS) is 29.3. The highest BCUT2D eigenvalue weighted by Crippen LogP contribution is 2.64. The molecule has 0 aliphatic carbocycles. The van der Waals surface area contributed by atoms with E-state index in [1.54, 1.807) is 38.0 Å². The lowest BCUT2D eigenvalue weighted by Crippen LogP contribution is -2.38. The monoisotopic (exact) mass is 975 g/mol. The van der Waals surface area contributed by atoms with Crippen molar-refractivity contribution in [2.75, 3.05) is 20.1 Å². The second-order valence-corrected chi connectivity index (χ2v) is 21.4. The number of aryl methyl sites for hydroxylation is 2. The Labute approximate surface area is 403 Å². The Hall–Kier alpha value is -4.63. The van der Waals surface area contributed by atoms with E-state index in [4.69, 9.17) is 37.5 Å². The number of aliphatic hydroxyl groups excluding tert-OH is 1. The van der Waals surface area contributed by atoms with Crippen molar-refractivity contribution in [1.29, 1.82) is 0 Å². The summed E-state index contributed by atoms with van der Waals surface area (Å²) in [6.45, 7) is 21.0. The first-order valence-electron chi connectivity index (χ1n) is 23.7. The molecule has 8 heterocycles. The lowest BCUT2D eigenvalue weighted by molar-refractivity contribution is -0.179.